The van der Waals surface area contributed by atoms with E-state index in [2.05, 4.69) is 39.6 Å². The van der Waals surface area contributed by atoms with E-state index in [1.165, 1.54) is 5.56 Å². The predicted molar refractivity (Wildman–Crippen MR) is 128 cm³/mol. The number of hydrogen-bond donors (Lipinski definition) is 0. The van der Waals surface area contributed by atoms with Crippen molar-refractivity contribution in [1.29, 1.82) is 0 Å². The minimum absolute atomic E-state index is 0.0430. The molecule has 0 amide bonds. The van der Waals surface area contributed by atoms with Crippen LogP contribution in [0.5, 0.6) is 5.75 Å². The van der Waals surface area contributed by atoms with E-state index < -0.39 is 5.97 Å². The van der Waals surface area contributed by atoms with Gasteiger partial charge in [-0.05, 0) is 71.3 Å². The molecular formula is C28H29NO3. The Bertz CT molecular complexity index is 1190. The van der Waals surface area contributed by atoms with E-state index in [-0.39, 0.29) is 10.8 Å². The second-order valence-corrected chi connectivity index (χ2v) is 10.1. The van der Waals surface area contributed by atoms with Gasteiger partial charge < -0.3 is 9.15 Å². The molecule has 0 spiro atoms. The lowest BCUT2D eigenvalue weighted by atomic mass is 9.72. The second kappa shape index (κ2) is 8.27. The Morgan fingerprint density at radius 3 is 2.16 bits per heavy atom. The topological polar surface area (TPSA) is 52.3 Å². The van der Waals surface area contributed by atoms with Crippen LogP contribution in [0.2, 0.25) is 0 Å². The number of fused-ring (bicyclic) bond motifs is 1. The van der Waals surface area contributed by atoms with Gasteiger partial charge in [-0.2, -0.15) is 0 Å². The Morgan fingerprint density at radius 2 is 1.53 bits per heavy atom. The molecule has 0 aliphatic heterocycles. The van der Waals surface area contributed by atoms with Crippen LogP contribution in [0.3, 0.4) is 0 Å². The minimum atomic E-state index is -0.393. The molecule has 0 fully saturated rings. The summed E-state index contributed by atoms with van der Waals surface area (Å²) >= 11 is 0. The summed E-state index contributed by atoms with van der Waals surface area (Å²) in [6, 6.07) is 22.5. The Labute approximate surface area is 189 Å². The Morgan fingerprint density at radius 1 is 0.875 bits per heavy atom. The highest BCUT2D eigenvalue weighted by atomic mass is 16.5. The van der Waals surface area contributed by atoms with Gasteiger partial charge in [0.1, 0.15) is 11.3 Å². The number of carbonyl (C=O) groups is 1. The first-order chi connectivity index (χ1) is 15.1. The van der Waals surface area contributed by atoms with E-state index in [1.807, 2.05) is 60.7 Å². The van der Waals surface area contributed by atoms with Crippen molar-refractivity contribution in [1.82, 2.24) is 4.98 Å². The quantitative estimate of drug-likeness (QED) is 0.245. The highest BCUT2D eigenvalue weighted by Gasteiger charge is 2.27. The lowest BCUT2D eigenvalue weighted by Gasteiger charge is -2.33. The van der Waals surface area contributed by atoms with Crippen LogP contribution >= 0.6 is 0 Å². The van der Waals surface area contributed by atoms with E-state index in [4.69, 9.17) is 9.15 Å². The fourth-order valence-corrected chi connectivity index (χ4v) is 4.31. The van der Waals surface area contributed by atoms with E-state index in [9.17, 15) is 4.79 Å². The van der Waals surface area contributed by atoms with Crippen molar-refractivity contribution < 1.29 is 13.9 Å². The van der Waals surface area contributed by atoms with Crippen molar-refractivity contribution in [2.75, 3.05) is 0 Å². The van der Waals surface area contributed by atoms with E-state index >= 15 is 0 Å². The smallest absolute Gasteiger partial charge is 0.343 e. The summed E-state index contributed by atoms with van der Waals surface area (Å²) in [6.45, 7) is 11.2. The van der Waals surface area contributed by atoms with Gasteiger partial charge in [-0.3, -0.25) is 0 Å². The zero-order valence-electron chi connectivity index (χ0n) is 19.3. The van der Waals surface area contributed by atoms with Crippen LogP contribution in [0.1, 0.15) is 57.0 Å². The normalized spacial score (nSPS) is 12.2. The third kappa shape index (κ3) is 4.91. The summed E-state index contributed by atoms with van der Waals surface area (Å²) in [5, 5.41) is 0. The van der Waals surface area contributed by atoms with Crippen LogP contribution < -0.4 is 4.74 Å². The number of carbonyl (C=O) groups excluding carboxylic acids is 1. The van der Waals surface area contributed by atoms with Crippen molar-refractivity contribution >= 4 is 17.1 Å². The van der Waals surface area contributed by atoms with Gasteiger partial charge in [0, 0.05) is 5.56 Å². The van der Waals surface area contributed by atoms with Crippen LogP contribution in [-0.2, 0) is 5.41 Å². The third-order valence-electron chi connectivity index (χ3n) is 5.48. The zero-order chi connectivity index (χ0) is 22.9. The summed E-state index contributed by atoms with van der Waals surface area (Å²) in [5.41, 5.74) is 4.33. The van der Waals surface area contributed by atoms with E-state index in [1.54, 1.807) is 12.1 Å². The van der Waals surface area contributed by atoms with E-state index in [0.717, 1.165) is 23.1 Å². The molecule has 0 unspecified atom stereocenters. The van der Waals surface area contributed by atoms with Gasteiger partial charge >= 0.3 is 5.97 Å². The maximum absolute atomic E-state index is 12.6. The molecule has 0 atom stereocenters. The molecular weight excluding hydrogens is 398 g/mol. The first-order valence-corrected chi connectivity index (χ1v) is 10.9. The fraction of sp³-hybridized carbons (Fsp3) is 0.286. The molecule has 164 valence electrons. The average Bonchev–Trinajstić information content (AvgIpc) is 3.17. The first-order valence-electron chi connectivity index (χ1n) is 10.9. The molecule has 1 heterocycles. The van der Waals surface area contributed by atoms with Crippen LogP contribution in [0.25, 0.3) is 22.6 Å². The molecule has 32 heavy (non-hydrogen) atoms. The number of esters is 1. The molecule has 0 bridgehead atoms. The highest BCUT2D eigenvalue weighted by molar-refractivity contribution is 5.91. The molecule has 0 saturated heterocycles. The zero-order valence-corrected chi connectivity index (χ0v) is 19.3. The van der Waals surface area contributed by atoms with Crippen molar-refractivity contribution in [3.8, 4) is 17.2 Å². The summed E-state index contributed by atoms with van der Waals surface area (Å²) in [5.74, 6) is 0.670. The molecule has 0 N–H and O–H groups in total. The minimum Gasteiger partial charge on any atom is -0.436 e. The molecule has 0 saturated carbocycles. The van der Waals surface area contributed by atoms with Gasteiger partial charge in [0.25, 0.3) is 0 Å². The number of benzene rings is 3. The number of nitrogens with zero attached hydrogens (tertiary/aromatic N) is 1. The van der Waals surface area contributed by atoms with Crippen molar-refractivity contribution in [2.45, 2.75) is 46.5 Å². The molecule has 4 rings (SSSR count). The van der Waals surface area contributed by atoms with Gasteiger partial charge in [-0.15, -0.1) is 0 Å². The molecule has 0 radical (unpaired) electrons. The molecule has 3 aromatic carbocycles. The molecule has 0 aliphatic rings. The van der Waals surface area contributed by atoms with Crippen LogP contribution in [0.15, 0.2) is 77.2 Å². The van der Waals surface area contributed by atoms with Crippen molar-refractivity contribution in [3.05, 3.63) is 83.9 Å². The Kier molecular flexibility index (Phi) is 5.64. The van der Waals surface area contributed by atoms with Gasteiger partial charge in [-0.25, -0.2) is 9.78 Å². The van der Waals surface area contributed by atoms with Crippen molar-refractivity contribution in [2.24, 2.45) is 5.41 Å². The van der Waals surface area contributed by atoms with Crippen molar-refractivity contribution in [3.63, 3.8) is 0 Å². The number of rotatable bonds is 5. The van der Waals surface area contributed by atoms with Gasteiger partial charge in [0.15, 0.2) is 5.58 Å². The van der Waals surface area contributed by atoms with Crippen LogP contribution in [0.4, 0.5) is 0 Å². The largest absolute Gasteiger partial charge is 0.436 e. The summed E-state index contributed by atoms with van der Waals surface area (Å²) in [7, 11) is 0. The fourth-order valence-electron chi connectivity index (χ4n) is 4.31. The van der Waals surface area contributed by atoms with Gasteiger partial charge in [-0.1, -0.05) is 58.9 Å². The molecule has 1 aromatic heterocycles. The summed E-state index contributed by atoms with van der Waals surface area (Å²) in [6.07, 6.45) is 1.06. The standard InChI is InChI=1S/C28H29NO3/c1-27(2,3)18-28(4,5)21-14-16-22(17-15-21)31-26(30)20-12-10-19(11-13-20)25-29-23-8-6-7-9-24(23)32-25/h6-17H,18H2,1-5H3. The van der Waals surface area contributed by atoms with Gasteiger partial charge in [0.05, 0.1) is 5.56 Å². The lowest BCUT2D eigenvalue weighted by molar-refractivity contribution is 0.0734. The molecule has 4 aromatic rings. The summed E-state index contributed by atoms with van der Waals surface area (Å²) < 4.78 is 11.4. The average molecular weight is 428 g/mol. The first kappa shape index (κ1) is 21.8. The lowest BCUT2D eigenvalue weighted by Crippen LogP contribution is -2.24. The molecule has 0 aliphatic carbocycles. The number of para-hydroxylation sites is 2. The van der Waals surface area contributed by atoms with Crippen LogP contribution in [0, 0.1) is 5.41 Å². The maximum atomic E-state index is 12.6. The highest BCUT2D eigenvalue weighted by Crippen LogP contribution is 2.36. The maximum Gasteiger partial charge on any atom is 0.343 e. The number of hydrogen-bond acceptors (Lipinski definition) is 4. The SMILES string of the molecule is CC(C)(C)CC(C)(C)c1ccc(OC(=O)c2ccc(-c3nc4ccccc4o3)cc2)cc1. The number of oxazole rings is 1. The molecule has 4 nitrogen and oxygen atoms in total. The number of aromatic nitrogens is 1. The van der Waals surface area contributed by atoms with Crippen LogP contribution in [-0.4, -0.2) is 11.0 Å². The Hall–Kier alpha value is -3.40. The molecule has 4 heteroatoms. The predicted octanol–water partition coefficient (Wildman–Crippen LogP) is 7.43. The third-order valence-corrected chi connectivity index (χ3v) is 5.48. The second-order valence-electron chi connectivity index (χ2n) is 10.1. The number of ether oxygens (including phenoxy) is 1. The monoisotopic (exact) mass is 427 g/mol. The summed E-state index contributed by atoms with van der Waals surface area (Å²) in [4.78, 5) is 17.1. The van der Waals surface area contributed by atoms with Gasteiger partial charge in [0.2, 0.25) is 5.89 Å². The Balaban J connectivity index is 1.44. The van der Waals surface area contributed by atoms with E-state index in [0.29, 0.717) is 17.2 Å².